The van der Waals surface area contributed by atoms with Crippen molar-refractivity contribution in [1.82, 2.24) is 10.2 Å². The number of rotatable bonds is 10. The zero-order chi connectivity index (χ0) is 23.8. The first-order valence-corrected chi connectivity index (χ1v) is 12.7. The Morgan fingerprint density at radius 1 is 1.12 bits per heavy atom. The minimum Gasteiger partial charge on any atom is -0.457 e. The van der Waals surface area contributed by atoms with Gasteiger partial charge in [0.15, 0.2) is 0 Å². The first-order chi connectivity index (χ1) is 15.8. The lowest BCUT2D eigenvalue weighted by molar-refractivity contribution is -0.125. The van der Waals surface area contributed by atoms with Gasteiger partial charge >= 0.3 is 7.60 Å². The number of nitrogens with two attached hydrogens (primary N) is 1. The zero-order valence-electron chi connectivity index (χ0n) is 18.7. The molecule has 1 unspecified atom stereocenters. The van der Waals surface area contributed by atoms with Crippen LogP contribution < -0.4 is 15.8 Å². The van der Waals surface area contributed by atoms with Crippen LogP contribution in [0.1, 0.15) is 42.5 Å². The number of benzene rings is 2. The van der Waals surface area contributed by atoms with Crippen molar-refractivity contribution in [3.63, 3.8) is 0 Å². The number of likely N-dealkylation sites (tertiary alicyclic amines) is 1. The van der Waals surface area contributed by atoms with Gasteiger partial charge in [-0.05, 0) is 62.9 Å². The first-order valence-electron chi connectivity index (χ1n) is 11.0. The summed E-state index contributed by atoms with van der Waals surface area (Å²) in [5, 5.41) is 2.48. The van der Waals surface area contributed by atoms with Crippen LogP contribution in [0.15, 0.2) is 54.6 Å². The zero-order valence-corrected chi connectivity index (χ0v) is 20.4. The van der Waals surface area contributed by atoms with Gasteiger partial charge in [-0.15, -0.1) is 12.4 Å². The highest BCUT2D eigenvalue weighted by Gasteiger charge is 2.38. The fourth-order valence-corrected chi connectivity index (χ4v) is 4.67. The molecule has 0 saturated carbocycles. The van der Waals surface area contributed by atoms with Gasteiger partial charge in [0.1, 0.15) is 23.3 Å². The Balaban J connectivity index is 0.00000408. The standard InChI is InChI=1S/C23H30N3O6P.ClH/c24-15-7-6-14-21(33(29,30)31)25-22(27)19-12-8-16-26(19)23(28)18-11-4-5-13-20(18)32-17-9-2-1-3-10-17;/h1-5,9-11,13,19,21H,6-8,12,14-16,24H2,(H,25,27)(H2,29,30,31);1H/t19-,21?;/m0./s1. The Labute approximate surface area is 205 Å². The van der Waals surface area contributed by atoms with Gasteiger partial charge in [-0.2, -0.15) is 0 Å². The molecular weight excluding hydrogens is 481 g/mol. The quantitative estimate of drug-likeness (QED) is 0.283. The van der Waals surface area contributed by atoms with Gasteiger partial charge in [-0.1, -0.05) is 30.3 Å². The molecular formula is C23H31ClN3O6P. The molecule has 1 fully saturated rings. The number of unbranched alkanes of at least 4 members (excludes halogenated alkanes) is 1. The molecule has 9 nitrogen and oxygen atoms in total. The third-order valence-electron chi connectivity index (χ3n) is 5.55. The lowest BCUT2D eigenvalue weighted by Gasteiger charge is -2.27. The van der Waals surface area contributed by atoms with Gasteiger partial charge in [0, 0.05) is 6.54 Å². The van der Waals surface area contributed by atoms with E-state index in [-0.39, 0.29) is 24.7 Å². The van der Waals surface area contributed by atoms with E-state index in [1.54, 1.807) is 36.4 Å². The van der Waals surface area contributed by atoms with Crippen molar-refractivity contribution < 1.29 is 28.7 Å². The number of halogens is 1. The fourth-order valence-electron chi connectivity index (χ4n) is 3.85. The number of para-hydroxylation sites is 2. The van der Waals surface area contributed by atoms with E-state index in [4.69, 9.17) is 10.5 Å². The average molecular weight is 512 g/mol. The maximum atomic E-state index is 13.4. The van der Waals surface area contributed by atoms with Crippen LogP contribution in [0.25, 0.3) is 0 Å². The normalized spacial score (nSPS) is 16.4. The van der Waals surface area contributed by atoms with Gasteiger partial charge in [-0.25, -0.2) is 0 Å². The lowest BCUT2D eigenvalue weighted by atomic mass is 10.1. The second kappa shape index (κ2) is 12.9. The number of hydrogen-bond donors (Lipinski definition) is 4. The number of nitrogens with one attached hydrogen (secondary N) is 1. The molecule has 1 heterocycles. The molecule has 34 heavy (non-hydrogen) atoms. The highest BCUT2D eigenvalue weighted by Crippen LogP contribution is 2.42. The van der Waals surface area contributed by atoms with Crippen LogP contribution in [-0.2, 0) is 9.36 Å². The second-order valence-corrected chi connectivity index (χ2v) is 9.77. The molecule has 5 N–H and O–H groups in total. The maximum Gasteiger partial charge on any atom is 0.347 e. The first kappa shape index (κ1) is 27.8. The third kappa shape index (κ3) is 7.29. The van der Waals surface area contributed by atoms with Crippen LogP contribution in [0, 0.1) is 0 Å². The van der Waals surface area contributed by atoms with Crippen molar-refractivity contribution >= 4 is 31.8 Å². The maximum absolute atomic E-state index is 13.4. The predicted octanol–water partition coefficient (Wildman–Crippen LogP) is 3.25. The molecule has 11 heteroatoms. The topological polar surface area (TPSA) is 142 Å². The summed E-state index contributed by atoms with van der Waals surface area (Å²) in [7, 11) is -4.55. The molecule has 1 saturated heterocycles. The van der Waals surface area contributed by atoms with E-state index >= 15 is 0 Å². The van der Waals surface area contributed by atoms with Crippen molar-refractivity contribution in [3.8, 4) is 11.5 Å². The van der Waals surface area contributed by atoms with Crippen LogP contribution in [-0.4, -0.2) is 51.4 Å². The number of hydrogen-bond acceptors (Lipinski definition) is 5. The smallest absolute Gasteiger partial charge is 0.347 e. The van der Waals surface area contributed by atoms with Gasteiger partial charge in [0.2, 0.25) is 5.91 Å². The number of nitrogens with zero attached hydrogens (tertiary/aromatic N) is 1. The largest absolute Gasteiger partial charge is 0.457 e. The summed E-state index contributed by atoms with van der Waals surface area (Å²) >= 11 is 0. The monoisotopic (exact) mass is 511 g/mol. The number of ether oxygens (including phenoxy) is 1. The van der Waals surface area contributed by atoms with Gasteiger partial charge in [0.05, 0.1) is 5.56 Å². The van der Waals surface area contributed by atoms with E-state index in [0.29, 0.717) is 55.8 Å². The molecule has 0 spiro atoms. The van der Waals surface area contributed by atoms with Crippen molar-refractivity contribution in [2.75, 3.05) is 13.1 Å². The fraction of sp³-hybridized carbons (Fsp3) is 0.391. The van der Waals surface area contributed by atoms with Crippen molar-refractivity contribution in [2.24, 2.45) is 5.73 Å². The number of amides is 2. The molecule has 3 rings (SSSR count). The predicted molar refractivity (Wildman–Crippen MR) is 131 cm³/mol. The van der Waals surface area contributed by atoms with E-state index in [9.17, 15) is 23.9 Å². The van der Waals surface area contributed by atoms with Crippen LogP contribution in [0.4, 0.5) is 0 Å². The molecule has 1 aliphatic heterocycles. The van der Waals surface area contributed by atoms with Gasteiger partial charge in [-0.3, -0.25) is 14.2 Å². The van der Waals surface area contributed by atoms with E-state index in [2.05, 4.69) is 5.32 Å². The minimum atomic E-state index is -4.55. The molecule has 0 radical (unpaired) electrons. The van der Waals surface area contributed by atoms with Crippen LogP contribution in [0.2, 0.25) is 0 Å². The van der Waals surface area contributed by atoms with Gasteiger partial charge < -0.3 is 30.5 Å². The summed E-state index contributed by atoms with van der Waals surface area (Å²) in [5.74, 6) is -1.29. The van der Waals surface area contributed by atoms with Crippen molar-refractivity contribution in [3.05, 3.63) is 60.2 Å². The summed E-state index contributed by atoms with van der Waals surface area (Å²) in [6.07, 6.45) is 2.21. The molecule has 2 aromatic carbocycles. The van der Waals surface area contributed by atoms with Crippen LogP contribution in [0.5, 0.6) is 11.5 Å². The van der Waals surface area contributed by atoms with E-state index in [0.717, 1.165) is 0 Å². The third-order valence-corrected chi connectivity index (χ3v) is 6.75. The number of carbonyl (C=O) groups is 2. The van der Waals surface area contributed by atoms with Crippen LogP contribution >= 0.6 is 20.0 Å². The SMILES string of the molecule is Cl.NCCCCC(NC(=O)[C@@H]1CCCN1C(=O)c1ccccc1Oc1ccccc1)P(=O)(O)O. The molecule has 1 aliphatic rings. The molecule has 2 atom stereocenters. The summed E-state index contributed by atoms with van der Waals surface area (Å²) in [6.45, 7) is 0.765. The Morgan fingerprint density at radius 2 is 1.79 bits per heavy atom. The van der Waals surface area contributed by atoms with Crippen molar-refractivity contribution in [1.29, 1.82) is 0 Å². The minimum absolute atomic E-state index is 0. The molecule has 186 valence electrons. The van der Waals surface area contributed by atoms with E-state index < -0.39 is 25.3 Å². The molecule has 0 aromatic heterocycles. The average Bonchev–Trinajstić information content (AvgIpc) is 3.28. The van der Waals surface area contributed by atoms with Gasteiger partial charge in [0.25, 0.3) is 5.91 Å². The summed E-state index contributed by atoms with van der Waals surface area (Å²) < 4.78 is 17.8. The Bertz CT molecular complexity index is 1000. The highest BCUT2D eigenvalue weighted by atomic mass is 35.5. The van der Waals surface area contributed by atoms with Crippen molar-refractivity contribution in [2.45, 2.75) is 43.9 Å². The summed E-state index contributed by atoms with van der Waals surface area (Å²) in [6, 6.07) is 15.1. The Kier molecular flexibility index (Phi) is 10.5. The molecule has 2 aromatic rings. The van der Waals surface area contributed by atoms with E-state index in [1.165, 1.54) is 4.90 Å². The summed E-state index contributed by atoms with van der Waals surface area (Å²) in [5.41, 5.74) is 5.77. The molecule has 2 amide bonds. The highest BCUT2D eigenvalue weighted by molar-refractivity contribution is 7.52. The second-order valence-electron chi connectivity index (χ2n) is 7.97. The molecule has 0 bridgehead atoms. The number of carbonyl (C=O) groups excluding carboxylic acids is 2. The van der Waals surface area contributed by atoms with E-state index in [1.807, 2.05) is 18.2 Å². The Hall–Kier alpha value is -2.42. The summed E-state index contributed by atoms with van der Waals surface area (Å²) in [4.78, 5) is 47.1. The van der Waals surface area contributed by atoms with Crippen LogP contribution in [0.3, 0.4) is 0 Å². The lowest BCUT2D eigenvalue weighted by Crippen LogP contribution is -2.48. The Morgan fingerprint density at radius 3 is 2.47 bits per heavy atom. The molecule has 0 aliphatic carbocycles.